The van der Waals surface area contributed by atoms with E-state index in [4.69, 9.17) is 5.73 Å². The minimum atomic E-state index is 0.570. The summed E-state index contributed by atoms with van der Waals surface area (Å²) in [7, 11) is 0. The summed E-state index contributed by atoms with van der Waals surface area (Å²) < 4.78 is 1.81. The van der Waals surface area contributed by atoms with E-state index in [1.54, 1.807) is 6.20 Å². The minimum Gasteiger partial charge on any atom is -0.398 e. The van der Waals surface area contributed by atoms with E-state index in [0.717, 1.165) is 5.56 Å². The zero-order valence-electron chi connectivity index (χ0n) is 8.41. The van der Waals surface area contributed by atoms with Crippen LogP contribution in [0.4, 0.5) is 5.69 Å². The van der Waals surface area contributed by atoms with Crippen molar-refractivity contribution >= 4 is 11.5 Å². The van der Waals surface area contributed by atoms with Gasteiger partial charge in [0.15, 0.2) is 5.82 Å². The predicted molar refractivity (Wildman–Crippen MR) is 60.6 cm³/mol. The fraction of sp³-hybridized carbons (Fsp3) is 0. The molecule has 5 heteroatoms. The molecular weight excluding hydrogens is 202 g/mol. The van der Waals surface area contributed by atoms with Crippen LogP contribution in [0.1, 0.15) is 0 Å². The Morgan fingerprint density at radius 3 is 2.81 bits per heavy atom. The number of nitrogens with two attached hydrogens (primary N) is 1. The van der Waals surface area contributed by atoms with Crippen LogP contribution >= 0.6 is 0 Å². The highest BCUT2D eigenvalue weighted by Crippen LogP contribution is 2.23. The average molecular weight is 211 g/mol. The quantitative estimate of drug-likeness (QED) is 0.617. The molecular formula is C11H9N5. The fourth-order valence-electron chi connectivity index (χ4n) is 1.63. The van der Waals surface area contributed by atoms with Gasteiger partial charge in [0.05, 0.1) is 0 Å². The van der Waals surface area contributed by atoms with E-state index < -0.39 is 0 Å². The number of rotatable bonds is 1. The number of aromatic nitrogens is 4. The Morgan fingerprint density at radius 2 is 1.94 bits per heavy atom. The molecule has 0 bridgehead atoms. The van der Waals surface area contributed by atoms with Crippen LogP contribution in [0, 0.1) is 0 Å². The number of nitrogen functional groups attached to an aromatic ring is 1. The molecule has 0 spiro atoms. The van der Waals surface area contributed by atoms with Crippen LogP contribution in [0.5, 0.6) is 0 Å². The van der Waals surface area contributed by atoms with Crippen LogP contribution in [-0.4, -0.2) is 19.6 Å². The van der Waals surface area contributed by atoms with Crippen LogP contribution in [0.3, 0.4) is 0 Å². The molecule has 2 heterocycles. The number of anilines is 1. The lowest BCUT2D eigenvalue weighted by Gasteiger charge is -2.02. The first-order valence-corrected chi connectivity index (χ1v) is 4.87. The molecule has 0 aliphatic heterocycles. The second-order valence-electron chi connectivity index (χ2n) is 3.40. The van der Waals surface area contributed by atoms with Crippen molar-refractivity contribution in [1.29, 1.82) is 0 Å². The van der Waals surface area contributed by atoms with Gasteiger partial charge < -0.3 is 5.73 Å². The van der Waals surface area contributed by atoms with Crippen molar-refractivity contribution in [1.82, 2.24) is 19.6 Å². The summed E-state index contributed by atoms with van der Waals surface area (Å²) in [5.41, 5.74) is 7.45. The third kappa shape index (κ3) is 1.22. The van der Waals surface area contributed by atoms with E-state index >= 15 is 0 Å². The Hall–Kier alpha value is -2.43. The minimum absolute atomic E-state index is 0.570. The second kappa shape index (κ2) is 3.30. The predicted octanol–water partition coefficient (Wildman–Crippen LogP) is 1.37. The molecule has 0 unspecified atom stereocenters. The van der Waals surface area contributed by atoms with Gasteiger partial charge in [-0.2, -0.15) is 0 Å². The van der Waals surface area contributed by atoms with Crippen molar-refractivity contribution in [3.05, 3.63) is 42.7 Å². The van der Waals surface area contributed by atoms with E-state index in [-0.39, 0.29) is 0 Å². The molecule has 1 aromatic carbocycles. The Bertz CT molecular complexity index is 643. The summed E-state index contributed by atoms with van der Waals surface area (Å²) in [6.45, 7) is 0. The highest BCUT2D eigenvalue weighted by Gasteiger charge is 2.09. The lowest BCUT2D eigenvalue weighted by molar-refractivity contribution is 1.10. The topological polar surface area (TPSA) is 69.1 Å². The summed E-state index contributed by atoms with van der Waals surface area (Å²) in [6, 6.07) is 9.40. The van der Waals surface area contributed by atoms with Gasteiger partial charge in [0.25, 0.3) is 5.78 Å². The van der Waals surface area contributed by atoms with E-state index in [1.807, 2.05) is 40.9 Å². The Balaban J connectivity index is 2.31. The summed E-state index contributed by atoms with van der Waals surface area (Å²) in [5, 5.41) is 8.08. The summed E-state index contributed by atoms with van der Waals surface area (Å²) in [5.74, 6) is 1.28. The first kappa shape index (κ1) is 8.84. The number of para-hydroxylation sites is 1. The first-order chi connectivity index (χ1) is 7.86. The van der Waals surface area contributed by atoms with Gasteiger partial charge in [-0.15, -0.1) is 10.2 Å². The van der Waals surface area contributed by atoms with Crippen LogP contribution in [0.15, 0.2) is 42.7 Å². The Labute approximate surface area is 91.6 Å². The molecule has 0 saturated heterocycles. The van der Waals surface area contributed by atoms with Gasteiger partial charge in [0.1, 0.15) is 0 Å². The molecule has 78 valence electrons. The van der Waals surface area contributed by atoms with Gasteiger partial charge in [0.2, 0.25) is 0 Å². The van der Waals surface area contributed by atoms with Crippen molar-refractivity contribution in [2.75, 3.05) is 5.73 Å². The van der Waals surface area contributed by atoms with Gasteiger partial charge in [-0.1, -0.05) is 12.1 Å². The molecule has 0 aliphatic rings. The lowest BCUT2D eigenvalue weighted by atomic mass is 10.2. The molecule has 0 amide bonds. The van der Waals surface area contributed by atoms with Gasteiger partial charge in [-0.05, 0) is 18.2 Å². The van der Waals surface area contributed by atoms with Gasteiger partial charge in [-0.3, -0.25) is 4.40 Å². The lowest BCUT2D eigenvalue weighted by Crippen LogP contribution is -1.94. The molecule has 2 aromatic heterocycles. The zero-order chi connectivity index (χ0) is 11.0. The maximum atomic E-state index is 5.90. The van der Waals surface area contributed by atoms with Crippen LogP contribution in [0.2, 0.25) is 0 Å². The standard InChI is InChI=1S/C11H9N5/c12-9-5-2-1-4-8(9)10-14-15-11-13-6-3-7-16(10)11/h1-7H,12H2. The SMILES string of the molecule is Nc1ccccc1-c1nnc2ncccn12. The molecule has 3 aromatic rings. The van der Waals surface area contributed by atoms with Crippen molar-refractivity contribution in [2.45, 2.75) is 0 Å². The van der Waals surface area contributed by atoms with Crippen molar-refractivity contribution in [3.8, 4) is 11.4 Å². The van der Waals surface area contributed by atoms with Crippen LogP contribution in [0.25, 0.3) is 17.2 Å². The number of benzene rings is 1. The smallest absolute Gasteiger partial charge is 0.255 e. The van der Waals surface area contributed by atoms with Gasteiger partial charge in [-0.25, -0.2) is 4.98 Å². The summed E-state index contributed by atoms with van der Waals surface area (Å²) in [6.07, 6.45) is 3.55. The largest absolute Gasteiger partial charge is 0.398 e. The van der Waals surface area contributed by atoms with Gasteiger partial charge in [0, 0.05) is 23.6 Å². The molecule has 3 rings (SSSR count). The Morgan fingerprint density at radius 1 is 1.06 bits per heavy atom. The first-order valence-electron chi connectivity index (χ1n) is 4.87. The molecule has 0 aliphatic carbocycles. The average Bonchev–Trinajstić information content (AvgIpc) is 2.74. The molecule has 2 N–H and O–H groups in total. The highest BCUT2D eigenvalue weighted by atomic mass is 15.3. The van der Waals surface area contributed by atoms with E-state index in [1.165, 1.54) is 0 Å². The monoisotopic (exact) mass is 211 g/mol. The third-order valence-corrected chi connectivity index (χ3v) is 2.39. The Kier molecular flexibility index (Phi) is 1.83. The third-order valence-electron chi connectivity index (χ3n) is 2.39. The number of hydrogen-bond acceptors (Lipinski definition) is 4. The summed E-state index contributed by atoms with van der Waals surface area (Å²) in [4.78, 5) is 4.11. The van der Waals surface area contributed by atoms with E-state index in [2.05, 4.69) is 15.2 Å². The van der Waals surface area contributed by atoms with Crippen molar-refractivity contribution in [2.24, 2.45) is 0 Å². The number of fused-ring (bicyclic) bond motifs is 1. The molecule has 16 heavy (non-hydrogen) atoms. The molecule has 5 nitrogen and oxygen atoms in total. The molecule has 0 radical (unpaired) electrons. The number of hydrogen-bond donors (Lipinski definition) is 1. The number of nitrogens with zero attached hydrogens (tertiary/aromatic N) is 4. The maximum absolute atomic E-state index is 5.90. The zero-order valence-corrected chi connectivity index (χ0v) is 8.41. The van der Waals surface area contributed by atoms with Crippen molar-refractivity contribution < 1.29 is 0 Å². The van der Waals surface area contributed by atoms with Crippen molar-refractivity contribution in [3.63, 3.8) is 0 Å². The van der Waals surface area contributed by atoms with Crippen LogP contribution in [-0.2, 0) is 0 Å². The maximum Gasteiger partial charge on any atom is 0.255 e. The van der Waals surface area contributed by atoms with Gasteiger partial charge >= 0.3 is 0 Å². The van der Waals surface area contributed by atoms with E-state index in [9.17, 15) is 0 Å². The second-order valence-corrected chi connectivity index (χ2v) is 3.40. The van der Waals surface area contributed by atoms with E-state index in [0.29, 0.717) is 17.3 Å². The molecule has 0 saturated carbocycles. The normalized spacial score (nSPS) is 10.8. The van der Waals surface area contributed by atoms with Crippen LogP contribution < -0.4 is 5.73 Å². The summed E-state index contributed by atoms with van der Waals surface area (Å²) >= 11 is 0. The molecule has 0 fully saturated rings. The fourth-order valence-corrected chi connectivity index (χ4v) is 1.63. The molecule has 0 atom stereocenters. The highest BCUT2D eigenvalue weighted by molar-refractivity contribution is 5.72.